The fraction of sp³-hybridized carbons (Fsp3) is 0.429. The van der Waals surface area contributed by atoms with Crippen molar-refractivity contribution in [1.82, 2.24) is 9.97 Å². The van der Waals surface area contributed by atoms with Gasteiger partial charge in [-0.15, -0.1) is 0 Å². The van der Waals surface area contributed by atoms with Gasteiger partial charge in [-0.05, 0) is 98.9 Å². The largest absolute Gasteiger partial charge is 0.417 e. The standard InChI is InChI=1S/C42H42F7N3O3/c1-24-11-18-35(52(24)28-16-17-33-30(22-28)32(41(44,45)46)23-37(54)50-33)40(42(47,48)49)55-19-6-4-2-3-5-8-25-12-14-26(15-13-25)39-29-9-7-10-36(53)31-20-27(43)21-34(51-39)38(29)31/h12-17,20-24,35,40,51H,2-11,18-19H2,1H3,(H,50,54)/t24-,35?,40?/m0/s1. The highest BCUT2D eigenvalue weighted by atomic mass is 19.4. The minimum absolute atomic E-state index is 0.0390. The van der Waals surface area contributed by atoms with Gasteiger partial charge in [-0.2, -0.15) is 26.3 Å². The molecule has 6 nitrogen and oxygen atoms in total. The number of aryl methyl sites for hydroxylation is 2. The third-order valence-electron chi connectivity index (χ3n) is 11.1. The number of rotatable bonds is 12. The molecule has 1 fully saturated rings. The van der Waals surface area contributed by atoms with Crippen LogP contribution in [0.25, 0.3) is 33.1 Å². The Hall–Kier alpha value is -4.65. The van der Waals surface area contributed by atoms with Crippen LogP contribution in [0, 0.1) is 5.82 Å². The highest BCUT2D eigenvalue weighted by Gasteiger charge is 2.50. The molecule has 7 rings (SSSR count). The van der Waals surface area contributed by atoms with Crippen LogP contribution in [0.3, 0.4) is 0 Å². The summed E-state index contributed by atoms with van der Waals surface area (Å²) in [5, 5.41) is 0.524. The summed E-state index contributed by atoms with van der Waals surface area (Å²) in [5.41, 5.74) is 3.22. The van der Waals surface area contributed by atoms with Gasteiger partial charge < -0.3 is 19.6 Å². The van der Waals surface area contributed by atoms with Crippen molar-refractivity contribution in [3.63, 3.8) is 0 Å². The minimum Gasteiger partial charge on any atom is -0.367 e. The number of aromatic nitrogens is 2. The van der Waals surface area contributed by atoms with E-state index in [1.165, 1.54) is 35.2 Å². The summed E-state index contributed by atoms with van der Waals surface area (Å²) in [4.78, 5) is 31.7. The fourth-order valence-corrected chi connectivity index (χ4v) is 8.47. The van der Waals surface area contributed by atoms with Crippen molar-refractivity contribution in [2.45, 2.75) is 108 Å². The lowest BCUT2D eigenvalue weighted by atomic mass is 9.98. The highest BCUT2D eigenvalue weighted by Crippen LogP contribution is 2.41. The Morgan fingerprint density at radius 1 is 0.836 bits per heavy atom. The maximum atomic E-state index is 14.4. The monoisotopic (exact) mass is 769 g/mol. The number of aromatic amines is 2. The summed E-state index contributed by atoms with van der Waals surface area (Å²) in [6, 6.07) is 13.9. The number of unbranched alkanes of at least 4 members (excludes halogenated alkanes) is 4. The molecule has 2 aliphatic rings. The number of halogens is 7. The molecule has 3 atom stereocenters. The molecule has 2 unspecified atom stereocenters. The lowest BCUT2D eigenvalue weighted by Gasteiger charge is -2.36. The lowest BCUT2D eigenvalue weighted by Crippen LogP contribution is -2.50. The van der Waals surface area contributed by atoms with Crippen LogP contribution in [0.4, 0.5) is 36.4 Å². The van der Waals surface area contributed by atoms with E-state index in [4.69, 9.17) is 4.74 Å². The second kappa shape index (κ2) is 15.5. The number of carbonyl (C=O) groups is 1. The quantitative estimate of drug-likeness (QED) is 0.0978. The smallest absolute Gasteiger partial charge is 0.367 e. The van der Waals surface area contributed by atoms with Crippen molar-refractivity contribution in [1.29, 1.82) is 0 Å². The number of benzene rings is 3. The summed E-state index contributed by atoms with van der Waals surface area (Å²) in [7, 11) is 0. The van der Waals surface area contributed by atoms with Crippen molar-refractivity contribution in [3.05, 3.63) is 99.1 Å². The number of fused-ring (bicyclic) bond motifs is 1. The van der Waals surface area contributed by atoms with E-state index in [1.807, 2.05) is 12.1 Å². The van der Waals surface area contributed by atoms with E-state index >= 15 is 0 Å². The van der Waals surface area contributed by atoms with Crippen molar-refractivity contribution in [3.8, 4) is 11.3 Å². The third kappa shape index (κ3) is 8.17. The summed E-state index contributed by atoms with van der Waals surface area (Å²) in [5.74, 6) is -0.478. The fourth-order valence-electron chi connectivity index (χ4n) is 8.47. The molecule has 0 bridgehead atoms. The molecule has 13 heteroatoms. The molecule has 1 saturated heterocycles. The number of carbonyl (C=O) groups excluding carboxylic acids is 1. The number of Topliss-reactive ketones (excluding diaryl/α,β-unsaturated/α-hetero) is 1. The number of anilines is 1. The van der Waals surface area contributed by atoms with E-state index in [2.05, 4.69) is 22.1 Å². The van der Waals surface area contributed by atoms with Gasteiger partial charge in [0.25, 0.3) is 0 Å². The van der Waals surface area contributed by atoms with Crippen LogP contribution in [0.1, 0.15) is 91.8 Å². The number of nitrogens with zero attached hydrogens (tertiary/aromatic N) is 1. The second-order valence-corrected chi connectivity index (χ2v) is 14.9. The Kier molecular flexibility index (Phi) is 10.9. The number of alkyl halides is 6. The Bertz CT molecular complexity index is 2240. The van der Waals surface area contributed by atoms with Crippen molar-refractivity contribution in [2.24, 2.45) is 0 Å². The van der Waals surface area contributed by atoms with Gasteiger partial charge in [0.1, 0.15) is 5.82 Å². The van der Waals surface area contributed by atoms with Gasteiger partial charge in [0.15, 0.2) is 11.9 Å². The van der Waals surface area contributed by atoms with Gasteiger partial charge in [0, 0.05) is 63.9 Å². The maximum Gasteiger partial charge on any atom is 0.417 e. The first-order valence-electron chi connectivity index (χ1n) is 18.9. The topological polar surface area (TPSA) is 78.2 Å². The number of H-pyrrole nitrogens is 2. The highest BCUT2D eigenvalue weighted by molar-refractivity contribution is 6.11. The van der Waals surface area contributed by atoms with Gasteiger partial charge in [0.05, 0.1) is 11.6 Å². The first kappa shape index (κ1) is 38.6. The molecule has 3 heterocycles. The van der Waals surface area contributed by atoms with Gasteiger partial charge in [-0.1, -0.05) is 43.5 Å². The maximum absolute atomic E-state index is 14.4. The van der Waals surface area contributed by atoms with E-state index in [9.17, 15) is 40.3 Å². The van der Waals surface area contributed by atoms with E-state index in [-0.39, 0.29) is 41.4 Å². The van der Waals surface area contributed by atoms with Crippen LogP contribution >= 0.6 is 0 Å². The molecule has 1 aliphatic heterocycles. The average Bonchev–Trinajstić information content (AvgIpc) is 3.63. The number of ketones is 1. The predicted octanol–water partition coefficient (Wildman–Crippen LogP) is 10.9. The Labute approximate surface area is 313 Å². The molecule has 3 aromatic carbocycles. The van der Waals surface area contributed by atoms with E-state index in [0.29, 0.717) is 49.3 Å². The summed E-state index contributed by atoms with van der Waals surface area (Å²) >= 11 is 0. The molecule has 0 spiro atoms. The molecule has 0 amide bonds. The van der Waals surface area contributed by atoms with Gasteiger partial charge >= 0.3 is 12.4 Å². The van der Waals surface area contributed by atoms with Crippen LogP contribution < -0.4 is 10.5 Å². The third-order valence-corrected chi connectivity index (χ3v) is 11.1. The first-order chi connectivity index (χ1) is 26.2. The first-order valence-corrected chi connectivity index (χ1v) is 18.9. The predicted molar refractivity (Wildman–Crippen MR) is 198 cm³/mol. The van der Waals surface area contributed by atoms with Crippen LogP contribution in [-0.4, -0.2) is 46.7 Å². The van der Waals surface area contributed by atoms with Gasteiger partial charge in [0.2, 0.25) is 5.56 Å². The van der Waals surface area contributed by atoms with Crippen molar-refractivity contribution >= 4 is 33.3 Å². The molecule has 292 valence electrons. The van der Waals surface area contributed by atoms with Crippen molar-refractivity contribution in [2.75, 3.05) is 11.5 Å². The second-order valence-electron chi connectivity index (χ2n) is 14.9. The van der Waals surface area contributed by atoms with Crippen LogP contribution in [0.5, 0.6) is 0 Å². The molecular weight excluding hydrogens is 727 g/mol. The average molecular weight is 770 g/mol. The molecule has 5 aromatic rings. The molecule has 2 aromatic heterocycles. The molecule has 55 heavy (non-hydrogen) atoms. The van der Waals surface area contributed by atoms with Gasteiger partial charge in [-0.25, -0.2) is 4.39 Å². The van der Waals surface area contributed by atoms with Crippen LogP contribution in [-0.2, 0) is 23.8 Å². The Morgan fingerprint density at radius 3 is 2.33 bits per heavy atom. The van der Waals surface area contributed by atoms with E-state index in [1.54, 1.807) is 6.92 Å². The number of pyridine rings is 1. The zero-order valence-corrected chi connectivity index (χ0v) is 30.3. The molecule has 0 radical (unpaired) electrons. The van der Waals surface area contributed by atoms with Crippen LogP contribution in [0.15, 0.2) is 65.5 Å². The van der Waals surface area contributed by atoms with E-state index < -0.39 is 41.4 Å². The molecule has 0 saturated carbocycles. The summed E-state index contributed by atoms with van der Waals surface area (Å²) in [6.45, 7) is 1.65. The number of hydrogen-bond donors (Lipinski definition) is 2. The number of nitrogens with one attached hydrogen (secondary N) is 2. The van der Waals surface area contributed by atoms with E-state index in [0.717, 1.165) is 59.9 Å². The summed E-state index contributed by atoms with van der Waals surface area (Å²) in [6.07, 6.45) is -4.66. The Balaban J connectivity index is 0.916. The zero-order chi connectivity index (χ0) is 39.1. The summed E-state index contributed by atoms with van der Waals surface area (Å²) < 4.78 is 105. The van der Waals surface area contributed by atoms with Crippen molar-refractivity contribution < 1.29 is 40.3 Å². The number of ether oxygens (including phenoxy) is 1. The lowest BCUT2D eigenvalue weighted by molar-refractivity contribution is -0.226. The zero-order valence-electron chi connectivity index (χ0n) is 30.3. The minimum atomic E-state index is -4.82. The molecule has 2 N–H and O–H groups in total. The Morgan fingerprint density at radius 2 is 1.58 bits per heavy atom. The number of hydrogen-bond acceptors (Lipinski definition) is 4. The van der Waals surface area contributed by atoms with Crippen LogP contribution in [0.2, 0.25) is 0 Å². The normalized spacial score (nSPS) is 18.4. The SMILES string of the molecule is C[C@H]1CCC(C(OCCCCCCCc2ccc(-c3[nH]c4cc(F)cc5c4c3CCCC5=O)cc2)C(F)(F)F)N1c1ccc2[nH]c(=O)cc(C(F)(F)F)c2c1. The molecule has 1 aliphatic carbocycles. The van der Waals surface area contributed by atoms with Gasteiger partial charge in [-0.3, -0.25) is 9.59 Å². The molecular formula is C42H42F7N3O3.